The molecule has 5 heteroatoms. The molecule has 0 aromatic heterocycles. The average Bonchev–Trinajstić information content (AvgIpc) is 3.34. The van der Waals surface area contributed by atoms with Crippen LogP contribution in [0, 0.1) is 0 Å². The Hall–Kier alpha value is -1.88. The van der Waals surface area contributed by atoms with Crippen molar-refractivity contribution in [2.75, 3.05) is 19.8 Å². The molecule has 5 nitrogen and oxygen atoms in total. The summed E-state index contributed by atoms with van der Waals surface area (Å²) in [6.45, 7) is 7.85. The Morgan fingerprint density at radius 2 is 0.618 bits per heavy atom. The number of allylic oxidation sites excluding steroid dienone is 6. The van der Waals surface area contributed by atoms with E-state index in [0.29, 0.717) is 19.4 Å². The molecule has 0 bridgehead atoms. The van der Waals surface area contributed by atoms with Crippen LogP contribution in [0.15, 0.2) is 36.5 Å². The first kappa shape index (κ1) is 66.1. The summed E-state index contributed by atoms with van der Waals surface area (Å²) >= 11 is 0. The molecule has 0 amide bonds. The number of carbonyl (C=O) groups excluding carboxylic acids is 2. The van der Waals surface area contributed by atoms with Crippen molar-refractivity contribution in [1.29, 1.82) is 0 Å². The van der Waals surface area contributed by atoms with E-state index in [0.717, 1.165) is 51.4 Å². The molecule has 68 heavy (non-hydrogen) atoms. The Labute approximate surface area is 425 Å². The lowest BCUT2D eigenvalue weighted by Gasteiger charge is -2.18. The molecule has 400 valence electrons. The normalized spacial score (nSPS) is 12.3. The van der Waals surface area contributed by atoms with Crippen molar-refractivity contribution in [3.05, 3.63) is 36.5 Å². The molecule has 0 rings (SSSR count). The second kappa shape index (κ2) is 59.4. The molecule has 0 saturated carbocycles. The Bertz CT molecular complexity index is 1080. The third kappa shape index (κ3) is 56.7. The van der Waals surface area contributed by atoms with Crippen molar-refractivity contribution < 1.29 is 23.8 Å². The van der Waals surface area contributed by atoms with Gasteiger partial charge >= 0.3 is 11.9 Å². The van der Waals surface area contributed by atoms with Gasteiger partial charge in [-0.05, 0) is 77.0 Å². The van der Waals surface area contributed by atoms with Gasteiger partial charge < -0.3 is 14.2 Å². The molecule has 0 aromatic rings. The zero-order valence-electron chi connectivity index (χ0n) is 46.1. The number of hydrogen-bond donors (Lipinski definition) is 0. The molecular weight excluding hydrogens is 837 g/mol. The number of esters is 2. The van der Waals surface area contributed by atoms with E-state index in [1.165, 1.54) is 244 Å². The SMILES string of the molecule is CCCCC/C=C\C/C=C\CCCCCCCC(=O)OC(COCCCCCCCCCCCCCCCCCCCCCC)COC(=O)CCCCCCCCC/C=C\CCCCCCCC. The van der Waals surface area contributed by atoms with Crippen molar-refractivity contribution in [2.45, 2.75) is 335 Å². The highest BCUT2D eigenvalue weighted by molar-refractivity contribution is 5.70. The van der Waals surface area contributed by atoms with Crippen LogP contribution in [-0.2, 0) is 23.8 Å². The van der Waals surface area contributed by atoms with Gasteiger partial charge in [0.15, 0.2) is 6.10 Å². The van der Waals surface area contributed by atoms with Crippen molar-refractivity contribution in [1.82, 2.24) is 0 Å². The fourth-order valence-electron chi connectivity index (χ4n) is 9.07. The molecule has 0 aliphatic heterocycles. The Morgan fingerprint density at radius 1 is 0.324 bits per heavy atom. The lowest BCUT2D eigenvalue weighted by molar-refractivity contribution is -0.163. The summed E-state index contributed by atoms with van der Waals surface area (Å²) in [7, 11) is 0. The van der Waals surface area contributed by atoms with E-state index in [-0.39, 0.29) is 25.2 Å². The van der Waals surface area contributed by atoms with Crippen molar-refractivity contribution >= 4 is 11.9 Å². The Kier molecular flexibility index (Phi) is 57.8. The van der Waals surface area contributed by atoms with Gasteiger partial charge in [-0.3, -0.25) is 9.59 Å². The maximum atomic E-state index is 12.9. The van der Waals surface area contributed by atoms with Crippen molar-refractivity contribution in [2.24, 2.45) is 0 Å². The minimum absolute atomic E-state index is 0.0827. The monoisotopic (exact) mass is 955 g/mol. The fourth-order valence-corrected chi connectivity index (χ4v) is 9.07. The Morgan fingerprint density at radius 3 is 1.01 bits per heavy atom. The molecule has 0 radical (unpaired) electrons. The quantitative estimate of drug-likeness (QED) is 0.0345. The summed E-state index contributed by atoms with van der Waals surface area (Å²) < 4.78 is 17.5. The predicted octanol–water partition coefficient (Wildman–Crippen LogP) is 20.9. The number of rotatable bonds is 57. The first-order valence-electron chi connectivity index (χ1n) is 30.5. The molecule has 0 aromatic carbocycles. The lowest BCUT2D eigenvalue weighted by atomic mass is 10.0. The van der Waals surface area contributed by atoms with Gasteiger partial charge in [-0.2, -0.15) is 0 Å². The summed E-state index contributed by atoms with van der Waals surface area (Å²) in [5.74, 6) is -0.398. The first-order valence-corrected chi connectivity index (χ1v) is 30.5. The zero-order valence-corrected chi connectivity index (χ0v) is 46.1. The van der Waals surface area contributed by atoms with Gasteiger partial charge in [0.2, 0.25) is 0 Å². The molecule has 0 aliphatic carbocycles. The number of unbranched alkanes of at least 4 members (excludes halogenated alkanes) is 40. The highest BCUT2D eigenvalue weighted by Crippen LogP contribution is 2.17. The molecule has 0 aliphatic rings. The Balaban J connectivity index is 4.23. The molecule has 1 atom stereocenters. The van der Waals surface area contributed by atoms with Crippen LogP contribution in [0.3, 0.4) is 0 Å². The lowest BCUT2D eigenvalue weighted by Crippen LogP contribution is -2.30. The molecule has 0 N–H and O–H groups in total. The summed E-state index contributed by atoms with van der Waals surface area (Å²) in [5.41, 5.74) is 0. The highest BCUT2D eigenvalue weighted by atomic mass is 16.6. The fraction of sp³-hybridized carbons (Fsp3) is 0.873. The van der Waals surface area contributed by atoms with Gasteiger partial charge in [0.1, 0.15) is 6.61 Å². The first-order chi connectivity index (χ1) is 33.6. The molecule has 0 saturated heterocycles. The van der Waals surface area contributed by atoms with Gasteiger partial charge in [0, 0.05) is 19.4 Å². The molecular formula is C63H118O5. The largest absolute Gasteiger partial charge is 0.462 e. The number of ether oxygens (including phenoxy) is 3. The van der Waals surface area contributed by atoms with E-state index < -0.39 is 6.10 Å². The van der Waals surface area contributed by atoms with Crippen LogP contribution in [0.1, 0.15) is 329 Å². The van der Waals surface area contributed by atoms with Crippen LogP contribution in [0.4, 0.5) is 0 Å². The molecule has 0 fully saturated rings. The van der Waals surface area contributed by atoms with Crippen LogP contribution < -0.4 is 0 Å². The summed E-state index contributed by atoms with van der Waals surface area (Å²) in [6, 6.07) is 0. The van der Waals surface area contributed by atoms with E-state index in [2.05, 4.69) is 57.2 Å². The van der Waals surface area contributed by atoms with E-state index in [9.17, 15) is 9.59 Å². The third-order valence-electron chi connectivity index (χ3n) is 13.6. The highest BCUT2D eigenvalue weighted by Gasteiger charge is 2.17. The van der Waals surface area contributed by atoms with Crippen molar-refractivity contribution in [3.8, 4) is 0 Å². The van der Waals surface area contributed by atoms with Gasteiger partial charge in [0.05, 0.1) is 6.61 Å². The molecule has 0 spiro atoms. The number of hydrogen-bond acceptors (Lipinski definition) is 5. The van der Waals surface area contributed by atoms with Crippen LogP contribution in [0.25, 0.3) is 0 Å². The van der Waals surface area contributed by atoms with Crippen LogP contribution in [0.5, 0.6) is 0 Å². The van der Waals surface area contributed by atoms with Gasteiger partial charge in [-0.15, -0.1) is 0 Å². The maximum absolute atomic E-state index is 12.9. The van der Waals surface area contributed by atoms with Crippen LogP contribution in [-0.4, -0.2) is 37.9 Å². The maximum Gasteiger partial charge on any atom is 0.306 e. The standard InChI is InChI=1S/C63H118O5/c1-4-7-10-13-16-19-22-25-28-30-31-32-34-37-40-43-46-49-52-55-58-66-59-61(68-63(65)57-54-51-48-45-42-39-35-27-24-21-18-15-12-9-6-3)60-67-62(64)56-53-50-47-44-41-38-36-33-29-26-23-20-17-14-11-8-5-2/h18,21,26-27,29,35,61H,4-17,19-20,22-25,28,30-34,36-60H2,1-3H3/b21-18-,29-26-,35-27-. The second-order valence-corrected chi connectivity index (χ2v) is 20.6. The van der Waals surface area contributed by atoms with Crippen LogP contribution >= 0.6 is 0 Å². The minimum atomic E-state index is -0.542. The van der Waals surface area contributed by atoms with Crippen LogP contribution in [0.2, 0.25) is 0 Å². The summed E-state index contributed by atoms with van der Waals surface area (Å²) in [5, 5.41) is 0. The predicted molar refractivity (Wildman–Crippen MR) is 298 cm³/mol. The van der Waals surface area contributed by atoms with E-state index in [4.69, 9.17) is 14.2 Å². The van der Waals surface area contributed by atoms with Gasteiger partial charge in [0.25, 0.3) is 0 Å². The zero-order chi connectivity index (χ0) is 49.2. The molecule has 1 unspecified atom stereocenters. The van der Waals surface area contributed by atoms with Crippen molar-refractivity contribution in [3.63, 3.8) is 0 Å². The summed E-state index contributed by atoms with van der Waals surface area (Å²) in [4.78, 5) is 25.5. The smallest absolute Gasteiger partial charge is 0.306 e. The minimum Gasteiger partial charge on any atom is -0.462 e. The van der Waals surface area contributed by atoms with E-state index in [1.54, 1.807) is 0 Å². The summed E-state index contributed by atoms with van der Waals surface area (Å²) in [6.07, 6.45) is 73.2. The van der Waals surface area contributed by atoms with E-state index in [1.807, 2.05) is 0 Å². The third-order valence-corrected chi connectivity index (χ3v) is 13.6. The van der Waals surface area contributed by atoms with Gasteiger partial charge in [-0.1, -0.05) is 276 Å². The average molecular weight is 956 g/mol. The molecule has 0 heterocycles. The van der Waals surface area contributed by atoms with Gasteiger partial charge in [-0.25, -0.2) is 0 Å². The number of carbonyl (C=O) groups is 2. The van der Waals surface area contributed by atoms with E-state index >= 15 is 0 Å². The topological polar surface area (TPSA) is 61.8 Å². The second-order valence-electron chi connectivity index (χ2n) is 20.6.